The van der Waals surface area contributed by atoms with Crippen molar-refractivity contribution < 1.29 is 22.9 Å². The molecule has 5 nitrogen and oxygen atoms in total. The number of halogens is 4. The third kappa shape index (κ3) is 2.27. The van der Waals surface area contributed by atoms with E-state index in [0.29, 0.717) is 0 Å². The van der Waals surface area contributed by atoms with Gasteiger partial charge in [-0.3, -0.25) is 14.9 Å². The van der Waals surface area contributed by atoms with Crippen LogP contribution in [0.3, 0.4) is 0 Å². The first kappa shape index (κ1) is 12.4. The fourth-order valence-corrected chi connectivity index (χ4v) is 1.07. The van der Waals surface area contributed by atoms with E-state index in [1.54, 1.807) is 0 Å². The Labute approximate surface area is 91.0 Å². The van der Waals surface area contributed by atoms with E-state index in [0.717, 1.165) is 0 Å². The van der Waals surface area contributed by atoms with Crippen LogP contribution in [-0.2, 0) is 0 Å². The molecule has 0 bridgehead atoms. The number of pyridine rings is 1. The molecule has 0 radical (unpaired) electrons. The molecule has 0 aliphatic heterocycles. The van der Waals surface area contributed by atoms with Crippen molar-refractivity contribution in [1.82, 2.24) is 4.98 Å². The topological polar surface area (TPSA) is 73.1 Å². The molecule has 0 fully saturated rings. The minimum Gasteiger partial charge on any atom is -0.274 e. The summed E-state index contributed by atoms with van der Waals surface area (Å²) in [6, 6.07) is 0.185. The van der Waals surface area contributed by atoms with Crippen LogP contribution in [0.4, 0.5) is 18.9 Å². The van der Waals surface area contributed by atoms with Gasteiger partial charge in [-0.05, 0) is 11.6 Å². The monoisotopic (exact) mass is 254 g/mol. The summed E-state index contributed by atoms with van der Waals surface area (Å²) in [6.07, 6.45) is -3.31. The number of hydrogen-bond donors (Lipinski definition) is 0. The lowest BCUT2D eigenvalue weighted by Gasteiger charge is -2.03. The molecule has 1 aromatic rings. The number of alkyl halides is 2. The summed E-state index contributed by atoms with van der Waals surface area (Å²) in [6.45, 7) is 0. The van der Waals surface area contributed by atoms with Gasteiger partial charge in [-0.1, -0.05) is 0 Å². The molecule has 16 heavy (non-hydrogen) atoms. The number of carbonyl (C=O) groups is 1. The molecule has 1 aromatic heterocycles. The molecule has 0 aliphatic carbocycles. The van der Waals surface area contributed by atoms with Crippen LogP contribution in [0.1, 0.15) is 22.6 Å². The molecule has 9 heteroatoms. The van der Waals surface area contributed by atoms with Crippen molar-refractivity contribution in [2.75, 3.05) is 0 Å². The van der Waals surface area contributed by atoms with Crippen molar-refractivity contribution in [2.24, 2.45) is 0 Å². The SMILES string of the molecule is O=C(Cl)c1nc(C(F)F)c([N+](=O)[O-])cc1F. The highest BCUT2D eigenvalue weighted by atomic mass is 35.5. The second-order valence-corrected chi connectivity index (χ2v) is 2.90. The van der Waals surface area contributed by atoms with E-state index >= 15 is 0 Å². The van der Waals surface area contributed by atoms with E-state index in [4.69, 9.17) is 11.6 Å². The first-order valence-electron chi connectivity index (χ1n) is 3.67. The van der Waals surface area contributed by atoms with Gasteiger partial charge in [0, 0.05) is 0 Å². The second-order valence-electron chi connectivity index (χ2n) is 2.55. The Balaban J connectivity index is 3.49. The van der Waals surface area contributed by atoms with Gasteiger partial charge in [0.2, 0.25) is 0 Å². The normalized spacial score (nSPS) is 10.6. The number of carbonyl (C=O) groups excluding carboxylic acids is 1. The Hall–Kier alpha value is -1.70. The van der Waals surface area contributed by atoms with Crippen LogP contribution >= 0.6 is 11.6 Å². The predicted molar refractivity (Wildman–Crippen MR) is 46.0 cm³/mol. The van der Waals surface area contributed by atoms with Gasteiger partial charge in [-0.25, -0.2) is 18.2 Å². The molecule has 0 atom stereocenters. The maximum atomic E-state index is 13.0. The Morgan fingerprint density at radius 2 is 2.12 bits per heavy atom. The van der Waals surface area contributed by atoms with Crippen LogP contribution in [0, 0.1) is 15.9 Å². The molecule has 0 saturated heterocycles. The van der Waals surface area contributed by atoms with Crippen molar-refractivity contribution in [3.8, 4) is 0 Å². The number of nitrogens with zero attached hydrogens (tertiary/aromatic N) is 2. The van der Waals surface area contributed by atoms with E-state index < -0.39 is 39.5 Å². The first-order chi connectivity index (χ1) is 7.34. The highest BCUT2D eigenvalue weighted by molar-refractivity contribution is 6.67. The van der Waals surface area contributed by atoms with Gasteiger partial charge in [0.15, 0.2) is 17.2 Å². The molecule has 0 N–H and O–H groups in total. The van der Waals surface area contributed by atoms with Gasteiger partial charge in [0.25, 0.3) is 17.4 Å². The van der Waals surface area contributed by atoms with Gasteiger partial charge in [-0.15, -0.1) is 0 Å². The number of rotatable bonds is 3. The maximum absolute atomic E-state index is 13.0. The third-order valence-electron chi connectivity index (χ3n) is 1.57. The van der Waals surface area contributed by atoms with Gasteiger partial charge < -0.3 is 0 Å². The molecular weight excluding hydrogens is 253 g/mol. The molecule has 0 aromatic carbocycles. The van der Waals surface area contributed by atoms with Crippen molar-refractivity contribution in [3.63, 3.8) is 0 Å². The summed E-state index contributed by atoms with van der Waals surface area (Å²) >= 11 is 4.86. The van der Waals surface area contributed by atoms with Gasteiger partial charge >= 0.3 is 0 Å². The summed E-state index contributed by atoms with van der Waals surface area (Å²) in [4.78, 5) is 22.5. The molecule has 1 rings (SSSR count). The van der Waals surface area contributed by atoms with Crippen LogP contribution in [0.5, 0.6) is 0 Å². The zero-order chi connectivity index (χ0) is 12.5. The highest BCUT2D eigenvalue weighted by Gasteiger charge is 2.28. The number of hydrogen-bond acceptors (Lipinski definition) is 4. The lowest BCUT2D eigenvalue weighted by molar-refractivity contribution is -0.386. The van der Waals surface area contributed by atoms with E-state index in [2.05, 4.69) is 4.98 Å². The van der Waals surface area contributed by atoms with Crippen LogP contribution in [-0.4, -0.2) is 15.1 Å². The lowest BCUT2D eigenvalue weighted by Crippen LogP contribution is -2.07. The fraction of sp³-hybridized carbons (Fsp3) is 0.143. The van der Waals surface area contributed by atoms with Crippen molar-refractivity contribution in [1.29, 1.82) is 0 Å². The van der Waals surface area contributed by atoms with Crippen LogP contribution in [0.2, 0.25) is 0 Å². The molecule has 0 amide bonds. The Morgan fingerprint density at radius 3 is 2.50 bits per heavy atom. The Bertz CT molecular complexity index is 466. The summed E-state index contributed by atoms with van der Waals surface area (Å²) < 4.78 is 37.6. The second kappa shape index (κ2) is 4.44. The smallest absolute Gasteiger partial charge is 0.274 e. The predicted octanol–water partition coefficient (Wildman–Crippen LogP) is 2.45. The minimum absolute atomic E-state index is 0.185. The minimum atomic E-state index is -3.31. The lowest BCUT2D eigenvalue weighted by atomic mass is 10.2. The van der Waals surface area contributed by atoms with Crippen LogP contribution < -0.4 is 0 Å². The Kier molecular flexibility index (Phi) is 3.43. The quantitative estimate of drug-likeness (QED) is 0.472. The molecule has 86 valence electrons. The average Bonchev–Trinajstić information content (AvgIpc) is 2.15. The van der Waals surface area contributed by atoms with Crippen LogP contribution in [0.15, 0.2) is 6.07 Å². The molecule has 1 heterocycles. The van der Waals surface area contributed by atoms with E-state index in [1.807, 2.05) is 0 Å². The molecular formula is C7H2ClF3N2O3. The standard InChI is InChI=1S/C7H2ClF3N2O3/c8-6(14)4-2(9)1-3(13(15)16)5(12-4)7(10)11/h1,7H. The summed E-state index contributed by atoms with van der Waals surface area (Å²) in [5, 5.41) is 8.90. The molecule has 0 unspecified atom stereocenters. The first-order valence-corrected chi connectivity index (χ1v) is 4.05. The van der Waals surface area contributed by atoms with Crippen molar-refractivity contribution in [2.45, 2.75) is 6.43 Å². The molecule has 0 saturated carbocycles. The van der Waals surface area contributed by atoms with E-state index in [9.17, 15) is 28.1 Å². The van der Waals surface area contributed by atoms with Gasteiger partial charge in [0.1, 0.15) is 0 Å². The van der Waals surface area contributed by atoms with E-state index in [1.165, 1.54) is 0 Å². The highest BCUT2D eigenvalue weighted by Crippen LogP contribution is 2.28. The summed E-state index contributed by atoms with van der Waals surface area (Å²) in [5.41, 5.74) is -3.56. The van der Waals surface area contributed by atoms with Crippen molar-refractivity contribution in [3.05, 3.63) is 33.4 Å². The summed E-state index contributed by atoms with van der Waals surface area (Å²) in [7, 11) is 0. The van der Waals surface area contributed by atoms with Crippen LogP contribution in [0.25, 0.3) is 0 Å². The van der Waals surface area contributed by atoms with E-state index in [-0.39, 0.29) is 6.07 Å². The maximum Gasteiger partial charge on any atom is 0.299 e. The Morgan fingerprint density at radius 1 is 1.56 bits per heavy atom. The van der Waals surface area contributed by atoms with Gasteiger partial charge in [-0.2, -0.15) is 0 Å². The van der Waals surface area contributed by atoms with Crippen molar-refractivity contribution >= 4 is 22.5 Å². The molecule has 0 aliphatic rings. The zero-order valence-electron chi connectivity index (χ0n) is 7.29. The van der Waals surface area contributed by atoms with Gasteiger partial charge in [0.05, 0.1) is 11.0 Å². The number of aromatic nitrogens is 1. The molecule has 0 spiro atoms. The average molecular weight is 255 g/mol. The zero-order valence-corrected chi connectivity index (χ0v) is 8.04. The number of nitro groups is 1. The third-order valence-corrected chi connectivity index (χ3v) is 1.75. The summed E-state index contributed by atoms with van der Waals surface area (Å²) in [5.74, 6) is -1.42. The largest absolute Gasteiger partial charge is 0.299 e. The fourth-order valence-electron chi connectivity index (χ4n) is 0.938.